The maximum absolute atomic E-state index is 10.1. The Hall–Kier alpha value is -1.23. The van der Waals surface area contributed by atoms with Crippen LogP contribution in [0.15, 0.2) is 35.7 Å². The van der Waals surface area contributed by atoms with Crippen LogP contribution >= 0.6 is 11.3 Å². The Morgan fingerprint density at radius 1 is 1.32 bits per heavy atom. The zero-order valence-corrected chi connectivity index (χ0v) is 12.2. The van der Waals surface area contributed by atoms with Crippen molar-refractivity contribution in [3.8, 4) is 0 Å². The van der Waals surface area contributed by atoms with Crippen LogP contribution in [0.2, 0.25) is 0 Å². The number of rotatable bonds is 6. The van der Waals surface area contributed by atoms with Gasteiger partial charge in [-0.05, 0) is 26.0 Å². The Kier molecular flexibility index (Phi) is 5.07. The Labute approximate surface area is 118 Å². The quantitative estimate of drug-likeness (QED) is 0.881. The number of aryl methyl sites for hydroxylation is 1. The molecule has 19 heavy (non-hydrogen) atoms. The average molecular weight is 276 g/mol. The lowest BCUT2D eigenvalue weighted by Gasteiger charge is -2.18. The molecule has 0 saturated heterocycles. The van der Waals surface area contributed by atoms with Crippen LogP contribution < -0.4 is 0 Å². The van der Waals surface area contributed by atoms with Crippen LogP contribution in [0.5, 0.6) is 0 Å². The summed E-state index contributed by atoms with van der Waals surface area (Å²) in [6, 6.07) is 9.82. The van der Waals surface area contributed by atoms with E-state index in [4.69, 9.17) is 0 Å². The van der Waals surface area contributed by atoms with E-state index in [2.05, 4.69) is 22.3 Å². The van der Waals surface area contributed by atoms with E-state index in [1.807, 2.05) is 37.3 Å². The lowest BCUT2D eigenvalue weighted by molar-refractivity contribution is 0.147. The van der Waals surface area contributed by atoms with E-state index in [1.165, 1.54) is 0 Å². The van der Waals surface area contributed by atoms with Gasteiger partial charge in [-0.25, -0.2) is 4.98 Å². The molecule has 0 aliphatic rings. The van der Waals surface area contributed by atoms with Gasteiger partial charge in [-0.1, -0.05) is 30.3 Å². The molecular weight excluding hydrogens is 256 g/mol. The molecule has 102 valence electrons. The van der Waals surface area contributed by atoms with Gasteiger partial charge in [0.25, 0.3) is 0 Å². The Balaban J connectivity index is 1.79. The van der Waals surface area contributed by atoms with E-state index in [0.717, 1.165) is 35.8 Å². The molecule has 2 rings (SSSR count). The highest BCUT2D eigenvalue weighted by Gasteiger charge is 2.09. The largest absolute Gasteiger partial charge is 0.388 e. The van der Waals surface area contributed by atoms with Gasteiger partial charge in [0.1, 0.15) is 0 Å². The molecule has 1 unspecified atom stereocenters. The predicted octanol–water partition coefficient (Wildman–Crippen LogP) is 3.01. The molecule has 0 spiro atoms. The van der Waals surface area contributed by atoms with E-state index in [0.29, 0.717) is 0 Å². The molecule has 0 aliphatic heterocycles. The molecule has 1 atom stereocenters. The first-order valence-corrected chi connectivity index (χ1v) is 7.35. The van der Waals surface area contributed by atoms with Crippen molar-refractivity contribution in [3.05, 3.63) is 52.0 Å². The van der Waals surface area contributed by atoms with Crippen molar-refractivity contribution in [1.29, 1.82) is 0 Å². The summed E-state index contributed by atoms with van der Waals surface area (Å²) in [5, 5.41) is 13.3. The molecule has 0 bridgehead atoms. The van der Waals surface area contributed by atoms with Crippen LogP contribution in [0.4, 0.5) is 0 Å². The molecule has 0 saturated carbocycles. The fourth-order valence-electron chi connectivity index (χ4n) is 2.02. The van der Waals surface area contributed by atoms with E-state index in [9.17, 15) is 5.11 Å². The van der Waals surface area contributed by atoms with E-state index in [1.54, 1.807) is 11.3 Å². The molecule has 1 aromatic carbocycles. The van der Waals surface area contributed by atoms with Gasteiger partial charge in [-0.3, -0.25) is 0 Å². The maximum atomic E-state index is 10.1. The molecule has 1 N–H and O–H groups in total. The van der Waals surface area contributed by atoms with Gasteiger partial charge < -0.3 is 10.0 Å². The molecule has 1 aromatic heterocycles. The SMILES string of the molecule is Cc1nc(CN(C)CCC(O)c2ccccc2)cs1. The second-order valence-corrected chi connectivity index (χ2v) is 5.87. The number of hydrogen-bond acceptors (Lipinski definition) is 4. The summed E-state index contributed by atoms with van der Waals surface area (Å²) < 4.78 is 0. The standard InChI is InChI=1S/C15H20N2OS/c1-12-16-14(11-19-12)10-17(2)9-8-15(18)13-6-4-3-5-7-13/h3-7,11,15,18H,8-10H2,1-2H3. The van der Waals surface area contributed by atoms with E-state index < -0.39 is 0 Å². The molecule has 4 heteroatoms. The number of aromatic nitrogens is 1. The van der Waals surface area contributed by atoms with Crippen LogP contribution in [-0.4, -0.2) is 28.6 Å². The van der Waals surface area contributed by atoms with E-state index in [-0.39, 0.29) is 6.10 Å². The van der Waals surface area contributed by atoms with Crippen molar-refractivity contribution in [2.24, 2.45) is 0 Å². The van der Waals surface area contributed by atoms with Gasteiger partial charge in [0.15, 0.2) is 0 Å². The predicted molar refractivity (Wildman–Crippen MR) is 79.2 cm³/mol. The second-order valence-electron chi connectivity index (χ2n) is 4.81. The van der Waals surface area contributed by atoms with Gasteiger partial charge in [0, 0.05) is 18.5 Å². The van der Waals surface area contributed by atoms with Crippen LogP contribution in [0, 0.1) is 6.92 Å². The topological polar surface area (TPSA) is 36.4 Å². The van der Waals surface area contributed by atoms with Crippen LogP contribution in [0.3, 0.4) is 0 Å². The third-order valence-corrected chi connectivity index (χ3v) is 3.89. The summed E-state index contributed by atoms with van der Waals surface area (Å²) in [7, 11) is 2.06. The average Bonchev–Trinajstić information content (AvgIpc) is 2.82. The van der Waals surface area contributed by atoms with Crippen molar-refractivity contribution in [2.45, 2.75) is 26.0 Å². The number of nitrogens with zero attached hydrogens (tertiary/aromatic N) is 2. The molecule has 1 heterocycles. The second kappa shape index (κ2) is 6.80. The van der Waals surface area contributed by atoms with Crippen molar-refractivity contribution >= 4 is 11.3 Å². The number of aliphatic hydroxyl groups excluding tert-OH is 1. The number of aliphatic hydroxyl groups is 1. The Morgan fingerprint density at radius 3 is 2.68 bits per heavy atom. The highest BCUT2D eigenvalue weighted by Crippen LogP contribution is 2.17. The summed E-state index contributed by atoms with van der Waals surface area (Å²) >= 11 is 1.68. The number of benzene rings is 1. The van der Waals surface area contributed by atoms with Crippen LogP contribution in [0.1, 0.15) is 28.8 Å². The van der Waals surface area contributed by atoms with Crippen molar-refractivity contribution in [3.63, 3.8) is 0 Å². The van der Waals surface area contributed by atoms with Crippen LogP contribution in [-0.2, 0) is 6.54 Å². The first kappa shape index (κ1) is 14.2. The summed E-state index contributed by atoms with van der Waals surface area (Å²) in [5.41, 5.74) is 2.10. The molecule has 0 fully saturated rings. The molecule has 0 radical (unpaired) electrons. The highest BCUT2D eigenvalue weighted by atomic mass is 32.1. The maximum Gasteiger partial charge on any atom is 0.0897 e. The fraction of sp³-hybridized carbons (Fsp3) is 0.400. The lowest BCUT2D eigenvalue weighted by atomic mass is 10.1. The minimum Gasteiger partial charge on any atom is -0.388 e. The molecule has 0 amide bonds. The highest BCUT2D eigenvalue weighted by molar-refractivity contribution is 7.09. The lowest BCUT2D eigenvalue weighted by Crippen LogP contribution is -2.21. The van der Waals surface area contributed by atoms with E-state index >= 15 is 0 Å². The smallest absolute Gasteiger partial charge is 0.0897 e. The summed E-state index contributed by atoms with van der Waals surface area (Å²) in [6.45, 7) is 3.71. The monoisotopic (exact) mass is 276 g/mol. The zero-order chi connectivity index (χ0) is 13.7. The van der Waals surface area contributed by atoms with Crippen molar-refractivity contribution < 1.29 is 5.11 Å². The van der Waals surface area contributed by atoms with Gasteiger partial charge in [-0.2, -0.15) is 0 Å². The summed E-state index contributed by atoms with van der Waals surface area (Å²) in [6.07, 6.45) is 0.352. The van der Waals surface area contributed by atoms with Gasteiger partial charge in [0.05, 0.1) is 16.8 Å². The Bertz CT molecular complexity index is 498. The minimum atomic E-state index is -0.388. The molecule has 3 nitrogen and oxygen atoms in total. The minimum absolute atomic E-state index is 0.388. The Morgan fingerprint density at radius 2 is 2.05 bits per heavy atom. The normalized spacial score (nSPS) is 12.8. The third kappa shape index (κ3) is 4.42. The molecule has 2 aromatic rings. The molecular formula is C15H20N2OS. The zero-order valence-electron chi connectivity index (χ0n) is 11.4. The summed E-state index contributed by atoms with van der Waals surface area (Å²) in [4.78, 5) is 6.65. The summed E-state index contributed by atoms with van der Waals surface area (Å²) in [5.74, 6) is 0. The molecule has 0 aliphatic carbocycles. The third-order valence-electron chi connectivity index (χ3n) is 3.07. The number of hydrogen-bond donors (Lipinski definition) is 1. The van der Waals surface area contributed by atoms with Crippen molar-refractivity contribution in [2.75, 3.05) is 13.6 Å². The van der Waals surface area contributed by atoms with Gasteiger partial charge in [0.2, 0.25) is 0 Å². The van der Waals surface area contributed by atoms with Gasteiger partial charge >= 0.3 is 0 Å². The van der Waals surface area contributed by atoms with Crippen LogP contribution in [0.25, 0.3) is 0 Å². The first-order valence-electron chi connectivity index (χ1n) is 6.47. The van der Waals surface area contributed by atoms with Gasteiger partial charge in [-0.15, -0.1) is 11.3 Å². The first-order chi connectivity index (χ1) is 9.15. The number of thiazole rings is 1. The fourth-order valence-corrected chi connectivity index (χ4v) is 2.62. The van der Waals surface area contributed by atoms with Crippen molar-refractivity contribution in [1.82, 2.24) is 9.88 Å².